The van der Waals surface area contributed by atoms with Gasteiger partial charge in [-0.15, -0.1) is 11.6 Å². The van der Waals surface area contributed by atoms with Crippen LogP contribution in [0.15, 0.2) is 18.2 Å². The average molecular weight is 288 g/mol. The highest BCUT2D eigenvalue weighted by Gasteiger charge is 2.17. The third-order valence-corrected chi connectivity index (χ3v) is 3.20. The van der Waals surface area contributed by atoms with E-state index in [1.165, 1.54) is 12.1 Å². The second-order valence-corrected chi connectivity index (χ2v) is 5.01. The van der Waals surface area contributed by atoms with E-state index >= 15 is 0 Å². The number of alkyl halides is 1. The lowest BCUT2D eigenvalue weighted by Gasteiger charge is -2.22. The quantitative estimate of drug-likeness (QED) is 0.437. The molecule has 0 unspecified atom stereocenters. The summed E-state index contributed by atoms with van der Waals surface area (Å²) in [4.78, 5) is 10.2. The molecule has 1 rings (SSSR count). The van der Waals surface area contributed by atoms with Gasteiger partial charge in [0.25, 0.3) is 5.69 Å². The first-order chi connectivity index (χ1) is 8.89. The number of ether oxygens (including phenoxy) is 2. The molecule has 0 aliphatic heterocycles. The van der Waals surface area contributed by atoms with E-state index in [1.54, 1.807) is 13.2 Å². The number of nitrogens with zero attached hydrogens (tertiary/aromatic N) is 1. The molecule has 6 heteroatoms. The van der Waals surface area contributed by atoms with E-state index in [4.69, 9.17) is 21.1 Å². The van der Waals surface area contributed by atoms with Gasteiger partial charge >= 0.3 is 0 Å². The number of rotatable bonds is 7. The van der Waals surface area contributed by atoms with E-state index in [0.29, 0.717) is 24.3 Å². The maximum Gasteiger partial charge on any atom is 0.270 e. The molecule has 0 amide bonds. The van der Waals surface area contributed by atoms with E-state index in [-0.39, 0.29) is 17.2 Å². The molecule has 0 saturated carbocycles. The predicted octanol–water partition coefficient (Wildman–Crippen LogP) is 3.53. The largest absolute Gasteiger partial charge is 0.493 e. The minimum absolute atomic E-state index is 0.0141. The number of hydrogen-bond acceptors (Lipinski definition) is 4. The van der Waals surface area contributed by atoms with Crippen molar-refractivity contribution in [1.29, 1.82) is 0 Å². The molecule has 0 atom stereocenters. The lowest BCUT2D eigenvalue weighted by atomic mass is 10.1. The Morgan fingerprint density at radius 2 is 2.11 bits per heavy atom. The van der Waals surface area contributed by atoms with Gasteiger partial charge in [-0.1, -0.05) is 0 Å². The number of hydrogen-bond donors (Lipinski definition) is 0. The minimum atomic E-state index is -0.451. The van der Waals surface area contributed by atoms with Crippen LogP contribution in [0, 0.1) is 10.1 Å². The van der Waals surface area contributed by atoms with Crippen LogP contribution in [0.5, 0.6) is 5.75 Å². The van der Waals surface area contributed by atoms with Crippen molar-refractivity contribution in [1.82, 2.24) is 0 Å². The molecule has 19 heavy (non-hydrogen) atoms. The van der Waals surface area contributed by atoms with E-state index in [0.717, 1.165) is 0 Å². The summed E-state index contributed by atoms with van der Waals surface area (Å²) in [6, 6.07) is 4.42. The standard InChI is InChI=1S/C13H18ClNO4/c1-13(2,18-3)6-7-19-12-5-4-11(15(16)17)8-10(12)9-14/h4-5,8H,6-7,9H2,1-3H3. The van der Waals surface area contributed by atoms with Crippen LogP contribution in [-0.4, -0.2) is 24.2 Å². The summed E-state index contributed by atoms with van der Waals surface area (Å²) < 4.78 is 10.9. The Labute approximate surface area is 117 Å². The van der Waals surface area contributed by atoms with Gasteiger partial charge in [-0.25, -0.2) is 0 Å². The van der Waals surface area contributed by atoms with Crippen LogP contribution < -0.4 is 4.74 Å². The summed E-state index contributed by atoms with van der Waals surface area (Å²) in [5.41, 5.74) is 0.369. The van der Waals surface area contributed by atoms with Crippen LogP contribution in [-0.2, 0) is 10.6 Å². The van der Waals surface area contributed by atoms with Gasteiger partial charge in [-0.05, 0) is 19.9 Å². The Bertz CT molecular complexity index is 448. The Balaban J connectivity index is 2.71. The van der Waals surface area contributed by atoms with E-state index in [9.17, 15) is 10.1 Å². The normalized spacial score (nSPS) is 11.4. The fourth-order valence-electron chi connectivity index (χ4n) is 1.43. The summed E-state index contributed by atoms with van der Waals surface area (Å²) >= 11 is 5.78. The number of nitro benzene ring substituents is 1. The zero-order valence-corrected chi connectivity index (χ0v) is 12.1. The van der Waals surface area contributed by atoms with Crippen molar-refractivity contribution in [2.24, 2.45) is 0 Å². The third kappa shape index (κ3) is 4.69. The van der Waals surface area contributed by atoms with Crippen LogP contribution in [0.1, 0.15) is 25.8 Å². The molecule has 0 bridgehead atoms. The lowest BCUT2D eigenvalue weighted by molar-refractivity contribution is -0.384. The topological polar surface area (TPSA) is 61.6 Å². The summed E-state index contributed by atoms with van der Waals surface area (Å²) in [6.45, 7) is 4.39. The molecular formula is C13H18ClNO4. The highest BCUT2D eigenvalue weighted by Crippen LogP contribution is 2.26. The first-order valence-corrected chi connectivity index (χ1v) is 6.44. The molecule has 0 aliphatic rings. The van der Waals surface area contributed by atoms with Crippen molar-refractivity contribution in [2.75, 3.05) is 13.7 Å². The van der Waals surface area contributed by atoms with Crippen LogP contribution in [0.25, 0.3) is 0 Å². The third-order valence-electron chi connectivity index (χ3n) is 2.91. The van der Waals surface area contributed by atoms with Crippen molar-refractivity contribution in [2.45, 2.75) is 31.7 Å². The fourth-order valence-corrected chi connectivity index (χ4v) is 1.64. The Hall–Kier alpha value is -1.33. The molecule has 0 aliphatic carbocycles. The van der Waals surface area contributed by atoms with Gasteiger partial charge < -0.3 is 9.47 Å². The first-order valence-electron chi connectivity index (χ1n) is 5.91. The monoisotopic (exact) mass is 287 g/mol. The van der Waals surface area contributed by atoms with Gasteiger partial charge in [0, 0.05) is 31.2 Å². The lowest BCUT2D eigenvalue weighted by Crippen LogP contribution is -2.25. The van der Waals surface area contributed by atoms with Gasteiger partial charge in [0.05, 0.1) is 23.0 Å². The average Bonchev–Trinajstić information content (AvgIpc) is 2.38. The highest BCUT2D eigenvalue weighted by atomic mass is 35.5. The van der Waals surface area contributed by atoms with Crippen molar-refractivity contribution >= 4 is 17.3 Å². The van der Waals surface area contributed by atoms with Crippen molar-refractivity contribution in [3.8, 4) is 5.75 Å². The molecule has 0 fully saturated rings. The Morgan fingerprint density at radius 1 is 1.42 bits per heavy atom. The number of halogens is 1. The Kier molecular flexibility index (Phi) is 5.57. The second-order valence-electron chi connectivity index (χ2n) is 4.75. The molecular weight excluding hydrogens is 270 g/mol. The summed E-state index contributed by atoms with van der Waals surface area (Å²) in [7, 11) is 1.65. The predicted molar refractivity (Wildman–Crippen MR) is 73.9 cm³/mol. The highest BCUT2D eigenvalue weighted by molar-refractivity contribution is 6.17. The van der Waals surface area contributed by atoms with Gasteiger partial charge in [0.15, 0.2) is 0 Å². The van der Waals surface area contributed by atoms with Gasteiger partial charge in [-0.3, -0.25) is 10.1 Å². The van der Waals surface area contributed by atoms with Crippen molar-refractivity contribution in [3.63, 3.8) is 0 Å². The summed E-state index contributed by atoms with van der Waals surface area (Å²) in [5.74, 6) is 0.748. The molecule has 0 saturated heterocycles. The van der Waals surface area contributed by atoms with Crippen molar-refractivity contribution < 1.29 is 14.4 Å². The molecule has 5 nitrogen and oxygen atoms in total. The van der Waals surface area contributed by atoms with Gasteiger partial charge in [0.2, 0.25) is 0 Å². The Morgan fingerprint density at radius 3 is 2.63 bits per heavy atom. The van der Waals surface area contributed by atoms with Gasteiger partial charge in [0.1, 0.15) is 5.75 Å². The maximum atomic E-state index is 10.7. The van der Waals surface area contributed by atoms with Crippen LogP contribution in [0.3, 0.4) is 0 Å². The summed E-state index contributed by atoms with van der Waals surface area (Å²) in [5, 5.41) is 10.7. The van der Waals surface area contributed by atoms with Crippen molar-refractivity contribution in [3.05, 3.63) is 33.9 Å². The molecule has 0 spiro atoms. The summed E-state index contributed by atoms with van der Waals surface area (Å²) in [6.07, 6.45) is 0.711. The molecule has 1 aromatic rings. The molecule has 1 aromatic carbocycles. The van der Waals surface area contributed by atoms with Crippen LogP contribution >= 0.6 is 11.6 Å². The molecule has 0 aromatic heterocycles. The zero-order valence-electron chi connectivity index (χ0n) is 11.3. The van der Waals surface area contributed by atoms with Gasteiger partial charge in [-0.2, -0.15) is 0 Å². The number of non-ortho nitro benzene ring substituents is 1. The zero-order chi connectivity index (χ0) is 14.5. The first kappa shape index (κ1) is 15.7. The molecule has 0 heterocycles. The SMILES string of the molecule is COC(C)(C)CCOc1ccc([N+](=O)[O-])cc1CCl. The number of benzene rings is 1. The minimum Gasteiger partial charge on any atom is -0.493 e. The van der Waals surface area contributed by atoms with Crippen LogP contribution in [0.2, 0.25) is 0 Å². The molecule has 106 valence electrons. The number of methoxy groups -OCH3 is 1. The molecule has 0 radical (unpaired) electrons. The maximum absolute atomic E-state index is 10.7. The van der Waals surface area contributed by atoms with E-state index in [2.05, 4.69) is 0 Å². The van der Waals surface area contributed by atoms with E-state index in [1.807, 2.05) is 13.8 Å². The second kappa shape index (κ2) is 6.73. The van der Waals surface area contributed by atoms with Crippen LogP contribution in [0.4, 0.5) is 5.69 Å². The van der Waals surface area contributed by atoms with E-state index < -0.39 is 4.92 Å². The molecule has 0 N–H and O–H groups in total. The number of nitro groups is 1. The smallest absolute Gasteiger partial charge is 0.270 e. The fraction of sp³-hybridized carbons (Fsp3) is 0.538.